The molecule has 1 aromatic rings. The molecule has 0 unspecified atom stereocenters. The zero-order valence-electron chi connectivity index (χ0n) is 6.81. The topological polar surface area (TPSA) is 50.1 Å². The van der Waals surface area contributed by atoms with Gasteiger partial charge in [0.2, 0.25) is 0 Å². The molecule has 0 fully saturated rings. The van der Waals surface area contributed by atoms with Crippen LogP contribution in [0.15, 0.2) is 18.2 Å². The van der Waals surface area contributed by atoms with Crippen molar-refractivity contribution in [2.24, 2.45) is 0 Å². The van der Waals surface area contributed by atoms with Gasteiger partial charge >= 0.3 is 0 Å². The van der Waals surface area contributed by atoms with Gasteiger partial charge in [-0.3, -0.25) is 0 Å². The smallest absolute Gasteiger partial charge is 0.0718 e. The standard InChI is InChI=1S/C8H13N3/c1-6-3-4-8(11-10-2)7(9)5-6/h3-5,10-11H,9H2,1-2H3. The molecule has 0 saturated carbocycles. The van der Waals surface area contributed by atoms with Crippen LogP contribution < -0.4 is 16.6 Å². The largest absolute Gasteiger partial charge is 0.397 e. The second kappa shape index (κ2) is 3.25. The Morgan fingerprint density at radius 1 is 1.36 bits per heavy atom. The number of hydrogen-bond acceptors (Lipinski definition) is 3. The Bertz CT molecular complexity index is 245. The lowest BCUT2D eigenvalue weighted by molar-refractivity contribution is 0.985. The number of anilines is 2. The highest BCUT2D eigenvalue weighted by atomic mass is 15.3. The quantitative estimate of drug-likeness (QED) is 0.438. The zero-order chi connectivity index (χ0) is 8.27. The van der Waals surface area contributed by atoms with E-state index >= 15 is 0 Å². The maximum atomic E-state index is 5.70. The van der Waals surface area contributed by atoms with E-state index < -0.39 is 0 Å². The van der Waals surface area contributed by atoms with Gasteiger partial charge in [-0.15, -0.1) is 0 Å². The van der Waals surface area contributed by atoms with E-state index in [1.807, 2.05) is 25.1 Å². The number of aryl methyl sites for hydroxylation is 1. The molecule has 0 aliphatic rings. The lowest BCUT2D eigenvalue weighted by atomic mass is 10.2. The number of nitrogen functional groups attached to an aromatic ring is 1. The second-order valence-electron chi connectivity index (χ2n) is 2.47. The van der Waals surface area contributed by atoms with E-state index in [0.29, 0.717) is 0 Å². The minimum absolute atomic E-state index is 0.763. The third kappa shape index (κ3) is 1.85. The second-order valence-corrected chi connectivity index (χ2v) is 2.47. The summed E-state index contributed by atoms with van der Waals surface area (Å²) in [7, 11) is 1.80. The fourth-order valence-corrected chi connectivity index (χ4v) is 0.931. The Kier molecular flexibility index (Phi) is 2.33. The SMILES string of the molecule is CNNc1ccc(C)cc1N. The first kappa shape index (κ1) is 7.88. The van der Waals surface area contributed by atoms with Gasteiger partial charge in [-0.2, -0.15) is 0 Å². The number of hydrogen-bond donors (Lipinski definition) is 3. The van der Waals surface area contributed by atoms with Crippen LogP contribution in [-0.4, -0.2) is 7.05 Å². The maximum Gasteiger partial charge on any atom is 0.0718 e. The molecule has 0 spiro atoms. The molecule has 0 atom stereocenters. The van der Waals surface area contributed by atoms with Crippen molar-refractivity contribution in [3.63, 3.8) is 0 Å². The highest BCUT2D eigenvalue weighted by Crippen LogP contribution is 2.17. The first-order valence-electron chi connectivity index (χ1n) is 3.53. The van der Waals surface area contributed by atoms with Crippen LogP contribution in [0.25, 0.3) is 0 Å². The number of nitrogens with two attached hydrogens (primary N) is 1. The molecule has 60 valence electrons. The summed E-state index contributed by atoms with van der Waals surface area (Å²) in [6, 6.07) is 5.89. The van der Waals surface area contributed by atoms with Crippen LogP contribution in [0.1, 0.15) is 5.56 Å². The van der Waals surface area contributed by atoms with Gasteiger partial charge in [-0.1, -0.05) is 6.07 Å². The Balaban J connectivity index is 2.90. The molecule has 0 amide bonds. The van der Waals surface area contributed by atoms with Crippen molar-refractivity contribution in [2.45, 2.75) is 6.92 Å². The maximum absolute atomic E-state index is 5.70. The summed E-state index contributed by atoms with van der Waals surface area (Å²) in [5.74, 6) is 0. The molecule has 0 aliphatic heterocycles. The van der Waals surface area contributed by atoms with Gasteiger partial charge in [0.1, 0.15) is 0 Å². The lowest BCUT2D eigenvalue weighted by Crippen LogP contribution is -2.16. The third-order valence-corrected chi connectivity index (χ3v) is 1.47. The monoisotopic (exact) mass is 151 g/mol. The van der Waals surface area contributed by atoms with Crippen molar-refractivity contribution in [3.8, 4) is 0 Å². The average molecular weight is 151 g/mol. The van der Waals surface area contributed by atoms with E-state index in [1.165, 1.54) is 5.56 Å². The van der Waals surface area contributed by atoms with E-state index in [1.54, 1.807) is 7.05 Å². The predicted octanol–water partition coefficient (Wildman–Crippen LogP) is 1.12. The third-order valence-electron chi connectivity index (χ3n) is 1.47. The van der Waals surface area contributed by atoms with E-state index in [-0.39, 0.29) is 0 Å². The van der Waals surface area contributed by atoms with Gasteiger partial charge in [0.15, 0.2) is 0 Å². The van der Waals surface area contributed by atoms with Gasteiger partial charge in [-0.05, 0) is 24.6 Å². The van der Waals surface area contributed by atoms with Gasteiger partial charge in [0.05, 0.1) is 11.4 Å². The average Bonchev–Trinajstić information content (AvgIpc) is 1.95. The fraction of sp³-hybridized carbons (Fsp3) is 0.250. The minimum Gasteiger partial charge on any atom is -0.397 e. The van der Waals surface area contributed by atoms with Crippen LogP contribution in [0.2, 0.25) is 0 Å². The molecular formula is C8H13N3. The molecule has 0 radical (unpaired) electrons. The Hall–Kier alpha value is -1.22. The van der Waals surface area contributed by atoms with Crippen LogP contribution in [0.5, 0.6) is 0 Å². The molecule has 0 aromatic heterocycles. The van der Waals surface area contributed by atoms with E-state index in [4.69, 9.17) is 5.73 Å². The molecule has 0 bridgehead atoms. The van der Waals surface area contributed by atoms with Crippen LogP contribution >= 0.6 is 0 Å². The van der Waals surface area contributed by atoms with Crippen molar-refractivity contribution in [1.82, 2.24) is 5.43 Å². The molecule has 3 heteroatoms. The van der Waals surface area contributed by atoms with Crippen LogP contribution in [0.4, 0.5) is 11.4 Å². The van der Waals surface area contributed by atoms with Crippen molar-refractivity contribution in [1.29, 1.82) is 0 Å². The predicted molar refractivity (Wildman–Crippen MR) is 48.3 cm³/mol. The molecule has 3 nitrogen and oxygen atoms in total. The summed E-state index contributed by atoms with van der Waals surface area (Å²) in [5.41, 5.74) is 14.3. The molecule has 11 heavy (non-hydrogen) atoms. The first-order valence-corrected chi connectivity index (χ1v) is 3.53. The van der Waals surface area contributed by atoms with Crippen molar-refractivity contribution < 1.29 is 0 Å². The summed E-state index contributed by atoms with van der Waals surface area (Å²) >= 11 is 0. The van der Waals surface area contributed by atoms with Crippen LogP contribution in [0, 0.1) is 6.92 Å². The molecule has 1 aromatic carbocycles. The van der Waals surface area contributed by atoms with Crippen LogP contribution in [0.3, 0.4) is 0 Å². The van der Waals surface area contributed by atoms with Crippen molar-refractivity contribution >= 4 is 11.4 Å². The summed E-state index contributed by atoms with van der Waals surface area (Å²) in [6.45, 7) is 2.01. The minimum atomic E-state index is 0.763. The van der Waals surface area contributed by atoms with Gasteiger partial charge in [-0.25, -0.2) is 5.43 Å². The highest BCUT2D eigenvalue weighted by Gasteiger charge is 1.95. The fourth-order valence-electron chi connectivity index (χ4n) is 0.931. The number of hydrazine groups is 1. The summed E-state index contributed by atoms with van der Waals surface area (Å²) in [5, 5.41) is 0. The number of nitrogens with one attached hydrogen (secondary N) is 2. The van der Waals surface area contributed by atoms with Gasteiger partial charge < -0.3 is 11.2 Å². The zero-order valence-corrected chi connectivity index (χ0v) is 6.81. The Morgan fingerprint density at radius 2 is 2.09 bits per heavy atom. The molecule has 0 saturated heterocycles. The van der Waals surface area contributed by atoms with E-state index in [9.17, 15) is 0 Å². The van der Waals surface area contributed by atoms with Crippen molar-refractivity contribution in [2.75, 3.05) is 18.2 Å². The van der Waals surface area contributed by atoms with Gasteiger partial charge in [0, 0.05) is 7.05 Å². The molecule has 0 heterocycles. The highest BCUT2D eigenvalue weighted by molar-refractivity contribution is 5.66. The molecule has 4 N–H and O–H groups in total. The first-order chi connectivity index (χ1) is 5.24. The Morgan fingerprint density at radius 3 is 2.64 bits per heavy atom. The number of rotatable bonds is 2. The summed E-state index contributed by atoms with van der Waals surface area (Å²) in [4.78, 5) is 0. The molecule has 1 rings (SSSR count). The van der Waals surface area contributed by atoms with E-state index in [0.717, 1.165) is 11.4 Å². The summed E-state index contributed by atoms with van der Waals surface area (Å²) in [6.07, 6.45) is 0. The number of benzene rings is 1. The van der Waals surface area contributed by atoms with Crippen LogP contribution in [-0.2, 0) is 0 Å². The Labute approximate surface area is 66.6 Å². The summed E-state index contributed by atoms with van der Waals surface area (Å²) < 4.78 is 0. The van der Waals surface area contributed by atoms with Crippen molar-refractivity contribution in [3.05, 3.63) is 23.8 Å². The molecular weight excluding hydrogens is 138 g/mol. The normalized spacial score (nSPS) is 9.64. The van der Waals surface area contributed by atoms with E-state index in [2.05, 4.69) is 10.9 Å². The lowest BCUT2D eigenvalue weighted by Gasteiger charge is -2.07. The molecule has 0 aliphatic carbocycles. The van der Waals surface area contributed by atoms with Gasteiger partial charge in [0.25, 0.3) is 0 Å².